The van der Waals surface area contributed by atoms with E-state index in [2.05, 4.69) is 86.5 Å². The molecule has 1 aromatic carbocycles. The summed E-state index contributed by atoms with van der Waals surface area (Å²) >= 11 is 0. The summed E-state index contributed by atoms with van der Waals surface area (Å²) < 4.78 is 0. The summed E-state index contributed by atoms with van der Waals surface area (Å²) in [6.07, 6.45) is 24.9. The number of benzene rings is 1. The third-order valence-electron chi connectivity index (χ3n) is 3.83. The van der Waals surface area contributed by atoms with Crippen molar-refractivity contribution in [2.45, 2.75) is 25.7 Å². The van der Waals surface area contributed by atoms with Gasteiger partial charge in [0.2, 0.25) is 0 Å². The van der Waals surface area contributed by atoms with Gasteiger partial charge in [-0.15, -0.1) is 13.2 Å². The van der Waals surface area contributed by atoms with Crippen molar-refractivity contribution in [3.8, 4) is 0 Å². The van der Waals surface area contributed by atoms with Gasteiger partial charge in [0.05, 0.1) is 0 Å². The molecule has 0 saturated carbocycles. The van der Waals surface area contributed by atoms with Crippen molar-refractivity contribution >= 4 is 6.08 Å². The SMILES string of the molecule is C=CCC/C=C/C(C=C)=C/C=C/CC(C=C)C/C=C/c1ccccc1. The maximum absolute atomic E-state index is 3.96. The van der Waals surface area contributed by atoms with E-state index in [1.807, 2.05) is 24.3 Å². The van der Waals surface area contributed by atoms with Crippen LogP contribution in [0, 0.1) is 5.92 Å². The minimum absolute atomic E-state index is 0.458. The van der Waals surface area contributed by atoms with Gasteiger partial charge in [-0.25, -0.2) is 0 Å². The van der Waals surface area contributed by atoms with Gasteiger partial charge in [-0.3, -0.25) is 0 Å². The Balaban J connectivity index is 2.45. The molecular weight excluding hydrogens is 300 g/mol. The zero-order valence-corrected chi connectivity index (χ0v) is 15.2. The van der Waals surface area contributed by atoms with Gasteiger partial charge >= 0.3 is 0 Å². The Morgan fingerprint density at radius 2 is 1.68 bits per heavy atom. The fraction of sp³-hybridized carbons (Fsp3) is 0.200. The topological polar surface area (TPSA) is 0 Å². The predicted molar refractivity (Wildman–Crippen MR) is 114 cm³/mol. The van der Waals surface area contributed by atoms with E-state index in [0.717, 1.165) is 31.3 Å². The highest BCUT2D eigenvalue weighted by Crippen LogP contribution is 2.13. The van der Waals surface area contributed by atoms with Crippen LogP contribution >= 0.6 is 0 Å². The average molecular weight is 331 g/mol. The predicted octanol–water partition coefficient (Wildman–Crippen LogP) is 7.47. The lowest BCUT2D eigenvalue weighted by Gasteiger charge is -2.05. The van der Waals surface area contributed by atoms with Gasteiger partial charge in [-0.1, -0.05) is 97.7 Å². The summed E-state index contributed by atoms with van der Waals surface area (Å²) in [7, 11) is 0. The lowest BCUT2D eigenvalue weighted by molar-refractivity contribution is 0.678. The molecule has 0 radical (unpaired) electrons. The molecular formula is C25H30. The first-order valence-corrected chi connectivity index (χ1v) is 8.91. The molecule has 0 aromatic heterocycles. The molecule has 1 rings (SSSR count). The number of allylic oxidation sites excluding steroid dienone is 10. The van der Waals surface area contributed by atoms with Gasteiger partial charge in [-0.05, 0) is 42.7 Å². The molecule has 0 aliphatic carbocycles. The monoisotopic (exact) mass is 330 g/mol. The highest BCUT2D eigenvalue weighted by atomic mass is 14.0. The maximum Gasteiger partial charge on any atom is -0.0167 e. The quantitative estimate of drug-likeness (QED) is 0.212. The van der Waals surface area contributed by atoms with Crippen molar-refractivity contribution in [2.75, 3.05) is 0 Å². The molecule has 0 saturated heterocycles. The second-order valence-corrected chi connectivity index (χ2v) is 5.85. The van der Waals surface area contributed by atoms with Crippen LogP contribution in [0.5, 0.6) is 0 Å². The molecule has 1 atom stereocenters. The van der Waals surface area contributed by atoms with E-state index in [-0.39, 0.29) is 0 Å². The summed E-state index contributed by atoms with van der Waals surface area (Å²) in [5.41, 5.74) is 2.36. The van der Waals surface area contributed by atoms with E-state index in [1.54, 1.807) is 0 Å². The molecule has 0 heterocycles. The molecule has 0 fully saturated rings. The number of rotatable bonds is 12. The Morgan fingerprint density at radius 1 is 0.920 bits per heavy atom. The van der Waals surface area contributed by atoms with E-state index >= 15 is 0 Å². The Kier molecular flexibility index (Phi) is 11.3. The molecule has 0 aliphatic rings. The van der Waals surface area contributed by atoms with Gasteiger partial charge in [0.1, 0.15) is 0 Å². The molecule has 0 aliphatic heterocycles. The van der Waals surface area contributed by atoms with Crippen LogP contribution in [0.4, 0.5) is 0 Å². The van der Waals surface area contributed by atoms with Crippen molar-refractivity contribution in [3.63, 3.8) is 0 Å². The highest BCUT2D eigenvalue weighted by Gasteiger charge is 1.98. The van der Waals surface area contributed by atoms with Crippen molar-refractivity contribution in [2.24, 2.45) is 5.92 Å². The number of hydrogen-bond donors (Lipinski definition) is 0. The second-order valence-electron chi connectivity index (χ2n) is 5.85. The van der Waals surface area contributed by atoms with Crippen molar-refractivity contribution < 1.29 is 0 Å². The van der Waals surface area contributed by atoms with Crippen molar-refractivity contribution in [3.05, 3.63) is 116 Å². The van der Waals surface area contributed by atoms with E-state index in [1.165, 1.54) is 5.56 Å². The van der Waals surface area contributed by atoms with Gasteiger partial charge in [0, 0.05) is 0 Å². The van der Waals surface area contributed by atoms with Crippen LogP contribution in [0.15, 0.2) is 110 Å². The summed E-state index contributed by atoms with van der Waals surface area (Å²) in [4.78, 5) is 0. The molecule has 0 heteroatoms. The van der Waals surface area contributed by atoms with Gasteiger partial charge in [-0.2, -0.15) is 0 Å². The van der Waals surface area contributed by atoms with Crippen LogP contribution in [-0.4, -0.2) is 0 Å². The lowest BCUT2D eigenvalue weighted by atomic mass is 10.0. The summed E-state index contributed by atoms with van der Waals surface area (Å²) in [5.74, 6) is 0.458. The molecule has 1 aromatic rings. The molecule has 0 nitrogen and oxygen atoms in total. The molecule has 0 spiro atoms. The first-order chi connectivity index (χ1) is 12.3. The zero-order chi connectivity index (χ0) is 18.2. The Bertz CT molecular complexity index is 623. The largest absolute Gasteiger partial charge is 0.103 e. The van der Waals surface area contributed by atoms with Crippen LogP contribution in [0.3, 0.4) is 0 Å². The highest BCUT2D eigenvalue weighted by molar-refractivity contribution is 5.48. The van der Waals surface area contributed by atoms with Crippen LogP contribution in [0.25, 0.3) is 6.08 Å². The Morgan fingerprint density at radius 3 is 2.36 bits per heavy atom. The second kappa shape index (κ2) is 13.8. The first-order valence-electron chi connectivity index (χ1n) is 8.91. The Hall–Kier alpha value is -2.60. The lowest BCUT2D eigenvalue weighted by Crippen LogP contribution is -1.91. The van der Waals surface area contributed by atoms with Gasteiger partial charge in [0.15, 0.2) is 0 Å². The number of unbranched alkanes of at least 4 members (excludes halogenated alkanes) is 1. The van der Waals surface area contributed by atoms with Gasteiger partial charge in [0.25, 0.3) is 0 Å². The molecule has 25 heavy (non-hydrogen) atoms. The first kappa shape index (κ1) is 20.4. The van der Waals surface area contributed by atoms with E-state index < -0.39 is 0 Å². The maximum atomic E-state index is 3.96. The summed E-state index contributed by atoms with van der Waals surface area (Å²) in [6.45, 7) is 11.5. The fourth-order valence-corrected chi connectivity index (χ4v) is 2.29. The molecule has 1 unspecified atom stereocenters. The zero-order valence-electron chi connectivity index (χ0n) is 15.2. The molecule has 0 bridgehead atoms. The van der Waals surface area contributed by atoms with Crippen LogP contribution < -0.4 is 0 Å². The normalized spacial score (nSPS) is 13.5. The fourth-order valence-electron chi connectivity index (χ4n) is 2.29. The van der Waals surface area contributed by atoms with Crippen LogP contribution in [0.2, 0.25) is 0 Å². The minimum atomic E-state index is 0.458. The standard InChI is InChI=1S/C25H30/c1-4-7-8-10-16-23(5-2)17-13-14-18-24(6-3)21-15-22-25-19-11-9-12-20-25/h4-6,9-17,19-20,22,24H,1-3,7-8,18,21H2/b14-13+,16-10+,22-15+,23-17+. The molecule has 0 N–H and O–H groups in total. The molecule has 0 amide bonds. The van der Waals surface area contributed by atoms with Crippen LogP contribution in [0.1, 0.15) is 31.2 Å². The van der Waals surface area contributed by atoms with Crippen molar-refractivity contribution in [1.29, 1.82) is 0 Å². The smallest absolute Gasteiger partial charge is 0.0167 e. The van der Waals surface area contributed by atoms with E-state index in [4.69, 9.17) is 0 Å². The summed E-state index contributed by atoms with van der Waals surface area (Å²) in [5, 5.41) is 0. The number of hydrogen-bond acceptors (Lipinski definition) is 0. The third-order valence-corrected chi connectivity index (χ3v) is 3.83. The van der Waals surface area contributed by atoms with Gasteiger partial charge < -0.3 is 0 Å². The van der Waals surface area contributed by atoms with Crippen molar-refractivity contribution in [1.82, 2.24) is 0 Å². The summed E-state index contributed by atoms with van der Waals surface area (Å²) in [6, 6.07) is 10.4. The van der Waals surface area contributed by atoms with E-state index in [0.29, 0.717) is 5.92 Å². The minimum Gasteiger partial charge on any atom is -0.103 e. The van der Waals surface area contributed by atoms with E-state index in [9.17, 15) is 0 Å². The molecule has 130 valence electrons. The Labute approximate surface area is 154 Å². The average Bonchev–Trinajstić information content (AvgIpc) is 2.66. The third kappa shape index (κ3) is 9.99. The van der Waals surface area contributed by atoms with Crippen LogP contribution in [-0.2, 0) is 0 Å².